The van der Waals surface area contributed by atoms with E-state index >= 15 is 0 Å². The van der Waals surface area contributed by atoms with Gasteiger partial charge in [-0.2, -0.15) is 0 Å². The van der Waals surface area contributed by atoms with Gasteiger partial charge in [-0.25, -0.2) is 4.79 Å². The van der Waals surface area contributed by atoms with Gasteiger partial charge in [-0.05, 0) is 85.7 Å². The first-order valence-electron chi connectivity index (χ1n) is 16.5. The fraction of sp³-hybridized carbons (Fsp3) is 0.324. The topological polar surface area (TPSA) is 144 Å². The summed E-state index contributed by atoms with van der Waals surface area (Å²) in [4.78, 5) is 71.1. The number of para-hydroxylation sites is 1. The molecule has 4 unspecified atom stereocenters. The molecule has 0 spiro atoms. The molecule has 11 nitrogen and oxygen atoms in total. The number of hydrogen-bond donors (Lipinski definition) is 2. The Morgan fingerprint density at radius 1 is 0.940 bits per heavy atom. The van der Waals surface area contributed by atoms with Crippen molar-refractivity contribution in [3.63, 3.8) is 0 Å². The van der Waals surface area contributed by atoms with Crippen molar-refractivity contribution in [3.8, 4) is 11.5 Å². The zero-order chi connectivity index (χ0) is 34.7. The number of methoxy groups -OCH3 is 1. The molecule has 256 valence electrons. The first-order chi connectivity index (χ1) is 24.3. The summed E-state index contributed by atoms with van der Waals surface area (Å²) >= 11 is 2.77. The summed E-state index contributed by atoms with van der Waals surface area (Å²) in [5, 5.41) is 3.61. The van der Waals surface area contributed by atoms with E-state index in [-0.39, 0.29) is 64.7 Å². The molecule has 1 saturated heterocycles. The number of imide groups is 1. The number of nitrogens with one attached hydrogen (secondary N) is 2. The van der Waals surface area contributed by atoms with Gasteiger partial charge in [-0.3, -0.25) is 24.1 Å². The monoisotopic (exact) mass is 711 g/mol. The predicted octanol–water partition coefficient (Wildman–Crippen LogP) is 5.32. The lowest BCUT2D eigenvalue weighted by Gasteiger charge is -2.43. The average Bonchev–Trinajstić information content (AvgIpc) is 3.86. The Bertz CT molecular complexity index is 2060. The summed E-state index contributed by atoms with van der Waals surface area (Å²) in [5.41, 5.74) is 2.23. The molecule has 3 amide bonds. The number of anilines is 2. The average molecular weight is 712 g/mol. The van der Waals surface area contributed by atoms with E-state index in [0.717, 1.165) is 33.2 Å². The van der Waals surface area contributed by atoms with Gasteiger partial charge in [0, 0.05) is 27.3 Å². The van der Waals surface area contributed by atoms with Gasteiger partial charge >= 0.3 is 10.8 Å². The second kappa shape index (κ2) is 12.8. The first-order valence-corrected chi connectivity index (χ1v) is 18.2. The Kier molecular flexibility index (Phi) is 8.26. The SMILES string of the molecule is CCOC(=O)c1ccc(N2C(=O)C3C(C2=O)[C@@H]2C[C@H]3C3Sc4[nH]c(=O)sc4[C@H](c4ccccc4OCC(=O)Nc4ccc(OC)cc4)C32)cc1. The van der Waals surface area contributed by atoms with Crippen molar-refractivity contribution in [1.29, 1.82) is 0 Å². The Morgan fingerprint density at radius 3 is 2.38 bits per heavy atom. The Labute approximate surface area is 295 Å². The van der Waals surface area contributed by atoms with Crippen LogP contribution in [0.15, 0.2) is 82.6 Å². The lowest BCUT2D eigenvalue weighted by Crippen LogP contribution is -2.42. The number of aromatic nitrogens is 1. The number of rotatable bonds is 9. The molecule has 1 aromatic heterocycles. The minimum atomic E-state index is -0.498. The molecule has 3 aromatic carbocycles. The van der Waals surface area contributed by atoms with Gasteiger partial charge in [0.05, 0.1) is 41.8 Å². The van der Waals surface area contributed by atoms with Crippen molar-refractivity contribution in [2.75, 3.05) is 30.5 Å². The van der Waals surface area contributed by atoms with Crippen molar-refractivity contribution in [1.82, 2.24) is 4.98 Å². The summed E-state index contributed by atoms with van der Waals surface area (Å²) in [7, 11) is 1.57. The molecule has 3 fully saturated rings. The molecule has 3 heterocycles. The highest BCUT2D eigenvalue weighted by atomic mass is 32.2. The maximum Gasteiger partial charge on any atom is 0.338 e. The minimum absolute atomic E-state index is 0.0154. The number of thiazole rings is 1. The number of amides is 3. The number of carbonyl (C=O) groups is 4. The minimum Gasteiger partial charge on any atom is -0.497 e. The molecule has 2 N–H and O–H groups in total. The van der Waals surface area contributed by atoms with Crippen molar-refractivity contribution in [2.24, 2.45) is 29.6 Å². The van der Waals surface area contributed by atoms with Crippen LogP contribution in [0, 0.1) is 29.6 Å². The molecule has 2 aliphatic carbocycles. The number of H-pyrrole nitrogens is 1. The van der Waals surface area contributed by atoms with Crippen molar-refractivity contribution >= 4 is 58.2 Å². The molecule has 0 radical (unpaired) electrons. The smallest absolute Gasteiger partial charge is 0.338 e. The van der Waals surface area contributed by atoms with E-state index in [2.05, 4.69) is 10.3 Å². The van der Waals surface area contributed by atoms with Crippen LogP contribution in [0.25, 0.3) is 0 Å². The summed E-state index contributed by atoms with van der Waals surface area (Å²) in [6, 6.07) is 20.9. The molecule has 13 heteroatoms. The van der Waals surface area contributed by atoms with Crippen LogP contribution in [0.4, 0.5) is 11.4 Å². The van der Waals surface area contributed by atoms with E-state index in [9.17, 15) is 24.0 Å². The number of thioether (sulfide) groups is 1. The van der Waals surface area contributed by atoms with E-state index in [1.54, 1.807) is 74.3 Å². The molecular formula is C37H33N3O8S2. The van der Waals surface area contributed by atoms with E-state index in [0.29, 0.717) is 28.4 Å². The molecule has 8 rings (SSSR count). The third kappa shape index (κ3) is 5.30. The lowest BCUT2D eigenvalue weighted by molar-refractivity contribution is -0.123. The number of nitrogens with zero attached hydrogens (tertiary/aromatic N) is 1. The number of hydrogen-bond acceptors (Lipinski definition) is 10. The third-order valence-electron chi connectivity index (χ3n) is 10.3. The second-order valence-electron chi connectivity index (χ2n) is 12.8. The van der Waals surface area contributed by atoms with Crippen molar-refractivity contribution in [2.45, 2.75) is 29.5 Å². The number of benzene rings is 3. The van der Waals surface area contributed by atoms with Gasteiger partial charge in [-0.1, -0.05) is 29.5 Å². The molecular weight excluding hydrogens is 679 g/mol. The highest BCUT2D eigenvalue weighted by molar-refractivity contribution is 8.00. The van der Waals surface area contributed by atoms with Crippen LogP contribution in [0.2, 0.25) is 0 Å². The van der Waals surface area contributed by atoms with Crippen molar-refractivity contribution < 1.29 is 33.4 Å². The fourth-order valence-electron chi connectivity index (χ4n) is 8.46. The quantitative estimate of drug-likeness (QED) is 0.174. The molecule has 2 bridgehead atoms. The standard InChI is InChI=1S/C37H33N3O8S2/c1-3-47-36(44)18-8-12-20(13-9-18)40-34(42)29-23-16-24(30(29)35(40)43)31-28(23)27(32-33(49-31)39-37(45)50-32)22-6-4-5-7-25(22)48-17-26(41)38-19-10-14-21(46-2)15-11-19/h4-15,23-24,27-31H,3,16-17H2,1-2H3,(H,38,41)(H,39,45)/t23-,24-,27-,28?,29?,30?,31?/m1/s1. The van der Waals surface area contributed by atoms with Crippen LogP contribution < -0.4 is 24.6 Å². The maximum atomic E-state index is 14.2. The molecule has 7 atom stereocenters. The predicted molar refractivity (Wildman–Crippen MR) is 187 cm³/mol. The molecule has 4 aromatic rings. The fourth-order valence-corrected chi connectivity index (χ4v) is 11.3. The normalized spacial score (nSPS) is 25.9. The second-order valence-corrected chi connectivity index (χ2v) is 15.0. The van der Waals surface area contributed by atoms with Gasteiger partial charge in [0.15, 0.2) is 6.61 Å². The summed E-state index contributed by atoms with van der Waals surface area (Å²) in [6.45, 7) is 1.74. The Balaban J connectivity index is 1.08. The van der Waals surface area contributed by atoms with Crippen LogP contribution in [0.1, 0.15) is 40.1 Å². The number of aromatic amines is 1. The first kappa shape index (κ1) is 32.3. The Morgan fingerprint density at radius 2 is 1.66 bits per heavy atom. The maximum absolute atomic E-state index is 14.2. The number of carbonyl (C=O) groups excluding carboxylic acids is 4. The van der Waals surface area contributed by atoms with E-state index in [4.69, 9.17) is 14.2 Å². The molecule has 50 heavy (non-hydrogen) atoms. The summed E-state index contributed by atoms with van der Waals surface area (Å²) < 4.78 is 16.4. The summed E-state index contributed by atoms with van der Waals surface area (Å²) in [5.74, 6) is -1.51. The largest absolute Gasteiger partial charge is 0.497 e. The highest BCUT2D eigenvalue weighted by Crippen LogP contribution is 2.69. The van der Waals surface area contributed by atoms with Crippen LogP contribution in [0.5, 0.6) is 11.5 Å². The Hall–Kier alpha value is -4.88. The van der Waals surface area contributed by atoms with Crippen LogP contribution in [0.3, 0.4) is 0 Å². The number of ether oxygens (including phenoxy) is 3. The number of fused-ring (bicyclic) bond motifs is 9. The van der Waals surface area contributed by atoms with E-state index in [1.165, 1.54) is 4.90 Å². The summed E-state index contributed by atoms with van der Waals surface area (Å²) in [6.07, 6.45) is 0.730. The van der Waals surface area contributed by atoms with Gasteiger partial charge in [-0.15, -0.1) is 11.8 Å². The van der Waals surface area contributed by atoms with Crippen LogP contribution in [-0.2, 0) is 19.1 Å². The van der Waals surface area contributed by atoms with Crippen LogP contribution in [-0.4, -0.2) is 54.2 Å². The zero-order valence-electron chi connectivity index (χ0n) is 27.1. The van der Waals surface area contributed by atoms with E-state index in [1.807, 2.05) is 24.3 Å². The van der Waals surface area contributed by atoms with Gasteiger partial charge in [0.25, 0.3) is 5.91 Å². The van der Waals surface area contributed by atoms with Gasteiger partial charge in [0.1, 0.15) is 11.5 Å². The zero-order valence-corrected chi connectivity index (χ0v) is 28.8. The molecule has 4 aliphatic rings. The highest BCUT2D eigenvalue weighted by Gasteiger charge is 2.69. The third-order valence-corrected chi connectivity index (χ3v) is 12.9. The molecule has 2 saturated carbocycles. The lowest BCUT2D eigenvalue weighted by atomic mass is 9.68. The van der Waals surface area contributed by atoms with Gasteiger partial charge < -0.3 is 24.5 Å². The van der Waals surface area contributed by atoms with Crippen LogP contribution >= 0.6 is 23.1 Å². The van der Waals surface area contributed by atoms with Gasteiger partial charge in [0.2, 0.25) is 11.8 Å². The van der Waals surface area contributed by atoms with Crippen molar-refractivity contribution in [3.05, 3.63) is 98.5 Å². The number of esters is 1. The van der Waals surface area contributed by atoms with E-state index < -0.39 is 17.8 Å². The molecule has 2 aliphatic heterocycles.